The lowest BCUT2D eigenvalue weighted by atomic mass is 10.2. The Morgan fingerprint density at radius 3 is 3.14 bits per heavy atom. The molecule has 0 saturated carbocycles. The van der Waals surface area contributed by atoms with Crippen molar-refractivity contribution in [1.82, 2.24) is 10.2 Å². The lowest BCUT2D eigenvalue weighted by Gasteiger charge is -1.90. The van der Waals surface area contributed by atoms with Gasteiger partial charge in [-0.25, -0.2) is 4.79 Å². The van der Waals surface area contributed by atoms with E-state index in [1.807, 2.05) is 16.8 Å². The summed E-state index contributed by atoms with van der Waals surface area (Å²) in [4.78, 5) is 11.1. The molecule has 2 aromatic heterocycles. The van der Waals surface area contributed by atoms with E-state index in [1.54, 1.807) is 17.4 Å². The van der Waals surface area contributed by atoms with Crippen LogP contribution in [-0.2, 0) is 4.74 Å². The zero-order chi connectivity index (χ0) is 9.97. The van der Waals surface area contributed by atoms with Crippen LogP contribution in [0.25, 0.3) is 11.3 Å². The minimum absolute atomic E-state index is 0.369. The molecule has 2 heterocycles. The van der Waals surface area contributed by atoms with Gasteiger partial charge in [0.25, 0.3) is 0 Å². The topological polar surface area (TPSA) is 55.0 Å². The fraction of sp³-hybridized carbons (Fsp3) is 0.111. The van der Waals surface area contributed by atoms with Crippen LogP contribution in [-0.4, -0.2) is 23.3 Å². The average molecular weight is 208 g/mol. The smallest absolute Gasteiger partial charge is 0.356 e. The van der Waals surface area contributed by atoms with E-state index in [4.69, 9.17) is 0 Å². The number of nitrogens with zero attached hydrogens (tertiary/aromatic N) is 1. The molecule has 0 fully saturated rings. The summed E-state index contributed by atoms with van der Waals surface area (Å²) in [6.07, 6.45) is 0. The number of ether oxygens (including phenoxy) is 1. The second-order valence-corrected chi connectivity index (χ2v) is 3.45. The van der Waals surface area contributed by atoms with Gasteiger partial charge < -0.3 is 4.74 Å². The highest BCUT2D eigenvalue weighted by atomic mass is 32.1. The first-order valence-electron chi connectivity index (χ1n) is 3.97. The van der Waals surface area contributed by atoms with Gasteiger partial charge in [0.05, 0.1) is 12.8 Å². The molecule has 0 aromatic carbocycles. The Bertz CT molecular complexity index is 433. The summed E-state index contributed by atoms with van der Waals surface area (Å²) in [5.41, 5.74) is 2.13. The molecule has 0 amide bonds. The molecule has 0 aliphatic carbocycles. The number of aromatic nitrogens is 2. The van der Waals surface area contributed by atoms with Crippen LogP contribution in [0, 0.1) is 0 Å². The highest BCUT2D eigenvalue weighted by Gasteiger charge is 2.10. The van der Waals surface area contributed by atoms with Gasteiger partial charge >= 0.3 is 5.97 Å². The third-order valence-electron chi connectivity index (χ3n) is 1.80. The summed E-state index contributed by atoms with van der Waals surface area (Å²) in [5, 5.41) is 10.6. The van der Waals surface area contributed by atoms with Crippen molar-refractivity contribution >= 4 is 17.3 Å². The van der Waals surface area contributed by atoms with Crippen molar-refractivity contribution in [2.24, 2.45) is 0 Å². The number of hydrogen-bond acceptors (Lipinski definition) is 4. The third kappa shape index (κ3) is 1.54. The number of esters is 1. The standard InChI is InChI=1S/C9H8N2O2S/c1-13-9(12)8-4-7(10-11-8)6-2-3-14-5-6/h2-5H,1H3,(H,10,11). The van der Waals surface area contributed by atoms with E-state index in [1.165, 1.54) is 7.11 Å². The van der Waals surface area contributed by atoms with Crippen molar-refractivity contribution in [3.63, 3.8) is 0 Å². The van der Waals surface area contributed by atoms with Gasteiger partial charge in [0.1, 0.15) is 5.69 Å². The molecule has 72 valence electrons. The van der Waals surface area contributed by atoms with E-state index in [-0.39, 0.29) is 0 Å². The summed E-state index contributed by atoms with van der Waals surface area (Å²) in [6.45, 7) is 0. The van der Waals surface area contributed by atoms with Crippen LogP contribution in [0.3, 0.4) is 0 Å². The summed E-state index contributed by atoms with van der Waals surface area (Å²) < 4.78 is 4.56. The van der Waals surface area contributed by atoms with Crippen LogP contribution >= 0.6 is 11.3 Å². The first kappa shape index (κ1) is 8.96. The Labute approximate surface area is 84.5 Å². The lowest BCUT2D eigenvalue weighted by molar-refractivity contribution is 0.0594. The maximum absolute atomic E-state index is 11.1. The number of H-pyrrole nitrogens is 1. The van der Waals surface area contributed by atoms with E-state index < -0.39 is 5.97 Å². The molecule has 0 bridgehead atoms. The van der Waals surface area contributed by atoms with Crippen molar-refractivity contribution in [3.8, 4) is 11.3 Å². The van der Waals surface area contributed by atoms with Crippen molar-refractivity contribution in [2.45, 2.75) is 0 Å². The molecule has 4 nitrogen and oxygen atoms in total. The van der Waals surface area contributed by atoms with Gasteiger partial charge in [-0.15, -0.1) is 0 Å². The monoisotopic (exact) mass is 208 g/mol. The Balaban J connectivity index is 2.31. The molecule has 0 atom stereocenters. The van der Waals surface area contributed by atoms with E-state index >= 15 is 0 Å². The minimum atomic E-state index is -0.404. The molecular weight excluding hydrogens is 200 g/mol. The van der Waals surface area contributed by atoms with Crippen molar-refractivity contribution < 1.29 is 9.53 Å². The van der Waals surface area contributed by atoms with Crippen LogP contribution in [0.1, 0.15) is 10.5 Å². The van der Waals surface area contributed by atoms with E-state index in [2.05, 4.69) is 14.9 Å². The Morgan fingerprint density at radius 1 is 1.64 bits per heavy atom. The molecule has 14 heavy (non-hydrogen) atoms. The second-order valence-electron chi connectivity index (χ2n) is 2.67. The minimum Gasteiger partial charge on any atom is -0.464 e. The van der Waals surface area contributed by atoms with E-state index in [0.29, 0.717) is 5.69 Å². The van der Waals surface area contributed by atoms with Gasteiger partial charge in [0, 0.05) is 10.9 Å². The van der Waals surface area contributed by atoms with Gasteiger partial charge in [0.2, 0.25) is 0 Å². The average Bonchev–Trinajstić information content (AvgIpc) is 2.86. The molecule has 0 radical (unpaired) electrons. The zero-order valence-corrected chi connectivity index (χ0v) is 8.30. The Morgan fingerprint density at radius 2 is 2.50 bits per heavy atom. The molecule has 2 aromatic rings. The summed E-state index contributed by atoms with van der Waals surface area (Å²) in [6, 6.07) is 3.62. The number of carbonyl (C=O) groups excluding carboxylic acids is 1. The molecule has 0 saturated heterocycles. The number of nitrogens with one attached hydrogen (secondary N) is 1. The Hall–Kier alpha value is -1.62. The SMILES string of the molecule is COC(=O)c1cc(-c2ccsc2)n[nH]1. The van der Waals surface area contributed by atoms with Crippen LogP contribution in [0.15, 0.2) is 22.9 Å². The van der Waals surface area contributed by atoms with Crippen LogP contribution in [0.4, 0.5) is 0 Å². The van der Waals surface area contributed by atoms with E-state index in [0.717, 1.165) is 11.3 Å². The number of hydrogen-bond donors (Lipinski definition) is 1. The summed E-state index contributed by atoms with van der Waals surface area (Å²) in [5.74, 6) is -0.404. The van der Waals surface area contributed by atoms with Crippen molar-refractivity contribution in [1.29, 1.82) is 0 Å². The van der Waals surface area contributed by atoms with Crippen LogP contribution in [0.5, 0.6) is 0 Å². The summed E-state index contributed by atoms with van der Waals surface area (Å²) >= 11 is 1.59. The zero-order valence-electron chi connectivity index (χ0n) is 7.48. The molecule has 2 rings (SSSR count). The molecule has 0 aliphatic rings. The highest BCUT2D eigenvalue weighted by Crippen LogP contribution is 2.20. The van der Waals surface area contributed by atoms with Crippen molar-refractivity contribution in [3.05, 3.63) is 28.6 Å². The molecular formula is C9H8N2O2S. The maximum atomic E-state index is 11.1. The molecule has 1 N–H and O–H groups in total. The predicted molar refractivity (Wildman–Crippen MR) is 53.2 cm³/mol. The van der Waals surface area contributed by atoms with Gasteiger partial charge in [-0.3, -0.25) is 5.10 Å². The third-order valence-corrected chi connectivity index (χ3v) is 2.48. The van der Waals surface area contributed by atoms with E-state index in [9.17, 15) is 4.79 Å². The van der Waals surface area contributed by atoms with Gasteiger partial charge in [-0.2, -0.15) is 16.4 Å². The Kier molecular flexibility index (Phi) is 2.32. The number of thiophene rings is 1. The predicted octanol–water partition coefficient (Wildman–Crippen LogP) is 1.92. The summed E-state index contributed by atoms with van der Waals surface area (Å²) in [7, 11) is 1.34. The van der Waals surface area contributed by atoms with Gasteiger partial charge in [0.15, 0.2) is 0 Å². The normalized spacial score (nSPS) is 10.1. The fourth-order valence-corrected chi connectivity index (χ4v) is 1.74. The van der Waals surface area contributed by atoms with Gasteiger partial charge in [-0.1, -0.05) is 0 Å². The number of carbonyl (C=O) groups is 1. The number of aromatic amines is 1. The molecule has 0 unspecified atom stereocenters. The molecule has 5 heteroatoms. The van der Waals surface area contributed by atoms with Crippen molar-refractivity contribution in [2.75, 3.05) is 7.11 Å². The number of methoxy groups -OCH3 is 1. The quantitative estimate of drug-likeness (QED) is 0.767. The highest BCUT2D eigenvalue weighted by molar-refractivity contribution is 7.08. The maximum Gasteiger partial charge on any atom is 0.356 e. The second kappa shape index (κ2) is 3.63. The van der Waals surface area contributed by atoms with Crippen LogP contribution < -0.4 is 0 Å². The largest absolute Gasteiger partial charge is 0.464 e. The van der Waals surface area contributed by atoms with Crippen LogP contribution in [0.2, 0.25) is 0 Å². The first-order valence-corrected chi connectivity index (χ1v) is 4.92. The molecule has 0 spiro atoms. The number of rotatable bonds is 2. The first-order chi connectivity index (χ1) is 6.81. The lowest BCUT2D eigenvalue weighted by Crippen LogP contribution is -2.00. The fourth-order valence-electron chi connectivity index (χ4n) is 1.09. The molecule has 0 aliphatic heterocycles. The van der Waals surface area contributed by atoms with Gasteiger partial charge in [-0.05, 0) is 17.5 Å².